The second kappa shape index (κ2) is 6.44. The smallest absolute Gasteiger partial charge is 0.130 e. The third kappa shape index (κ3) is 3.74. The Morgan fingerprint density at radius 3 is 2.89 bits per heavy atom. The minimum absolute atomic E-state index is 0.0950. The molecule has 2 rings (SSSR count). The number of hydrogen-bond donors (Lipinski definition) is 1. The van der Waals surface area contributed by atoms with Crippen LogP contribution in [0.15, 0.2) is 18.2 Å². The molecule has 2 nitrogen and oxygen atoms in total. The first-order chi connectivity index (χ1) is 9.10. The molecule has 1 aromatic carbocycles. The van der Waals surface area contributed by atoms with E-state index in [0.29, 0.717) is 11.6 Å². The van der Waals surface area contributed by atoms with Crippen molar-refractivity contribution in [3.05, 3.63) is 35.4 Å². The highest BCUT2D eigenvalue weighted by atomic mass is 19.1. The largest absolute Gasteiger partial charge is 0.306 e. The molecular formula is C15H22F2N2. The van der Waals surface area contributed by atoms with Crippen LogP contribution in [0.1, 0.15) is 38.3 Å². The van der Waals surface area contributed by atoms with Gasteiger partial charge in [0.05, 0.1) is 0 Å². The summed E-state index contributed by atoms with van der Waals surface area (Å²) in [7, 11) is 0. The van der Waals surface area contributed by atoms with Crippen LogP contribution in [0.3, 0.4) is 0 Å². The predicted molar refractivity (Wildman–Crippen MR) is 73.0 cm³/mol. The lowest BCUT2D eigenvalue weighted by Gasteiger charge is -2.34. The number of likely N-dealkylation sites (tertiary alicyclic amines) is 1. The van der Waals surface area contributed by atoms with Gasteiger partial charge in [0, 0.05) is 30.3 Å². The molecule has 0 radical (unpaired) electrons. The molecular weight excluding hydrogens is 246 g/mol. The van der Waals surface area contributed by atoms with Crippen LogP contribution in [-0.2, 0) is 0 Å². The van der Waals surface area contributed by atoms with Gasteiger partial charge in [-0.15, -0.1) is 0 Å². The number of piperidine rings is 1. The standard InChI is InChI=1S/C15H22F2N2/c1-3-19-8-4-5-13(10-19)18-11(2)14-7-6-12(16)9-15(14)17/h6-7,9,11,13,18H,3-5,8,10H2,1-2H3. The van der Waals surface area contributed by atoms with E-state index in [9.17, 15) is 8.78 Å². The van der Waals surface area contributed by atoms with Crippen molar-refractivity contribution < 1.29 is 8.78 Å². The topological polar surface area (TPSA) is 15.3 Å². The Hall–Kier alpha value is -1.00. The van der Waals surface area contributed by atoms with Gasteiger partial charge in [-0.05, 0) is 38.9 Å². The first kappa shape index (κ1) is 14.4. The maximum Gasteiger partial charge on any atom is 0.130 e. The third-order valence-electron chi connectivity index (χ3n) is 3.87. The molecule has 2 unspecified atom stereocenters. The summed E-state index contributed by atoms with van der Waals surface area (Å²) in [5.41, 5.74) is 0.537. The Morgan fingerprint density at radius 1 is 1.42 bits per heavy atom. The summed E-state index contributed by atoms with van der Waals surface area (Å²) in [6, 6.07) is 4.08. The summed E-state index contributed by atoms with van der Waals surface area (Å²) in [4.78, 5) is 2.40. The third-order valence-corrected chi connectivity index (χ3v) is 3.87. The van der Waals surface area contributed by atoms with Gasteiger partial charge in [-0.25, -0.2) is 8.78 Å². The fourth-order valence-corrected chi connectivity index (χ4v) is 2.77. The molecule has 0 saturated carbocycles. The molecule has 19 heavy (non-hydrogen) atoms. The van der Waals surface area contributed by atoms with Crippen molar-refractivity contribution in [2.24, 2.45) is 0 Å². The number of nitrogens with zero attached hydrogens (tertiary/aromatic N) is 1. The minimum atomic E-state index is -0.525. The van der Waals surface area contributed by atoms with Crippen molar-refractivity contribution in [2.75, 3.05) is 19.6 Å². The van der Waals surface area contributed by atoms with E-state index in [-0.39, 0.29) is 6.04 Å². The van der Waals surface area contributed by atoms with Gasteiger partial charge in [0.25, 0.3) is 0 Å². The maximum absolute atomic E-state index is 13.7. The van der Waals surface area contributed by atoms with E-state index in [4.69, 9.17) is 0 Å². The highest BCUT2D eigenvalue weighted by Gasteiger charge is 2.21. The molecule has 2 atom stereocenters. The van der Waals surface area contributed by atoms with Crippen molar-refractivity contribution in [1.82, 2.24) is 10.2 Å². The van der Waals surface area contributed by atoms with E-state index >= 15 is 0 Å². The number of likely N-dealkylation sites (N-methyl/N-ethyl adjacent to an activating group) is 1. The van der Waals surface area contributed by atoms with Gasteiger partial charge in [0.2, 0.25) is 0 Å². The molecule has 4 heteroatoms. The molecule has 1 fully saturated rings. The number of benzene rings is 1. The zero-order valence-corrected chi connectivity index (χ0v) is 11.6. The fourth-order valence-electron chi connectivity index (χ4n) is 2.77. The van der Waals surface area contributed by atoms with E-state index in [0.717, 1.165) is 32.1 Å². The lowest BCUT2D eigenvalue weighted by atomic mass is 10.0. The highest BCUT2D eigenvalue weighted by Crippen LogP contribution is 2.20. The summed E-state index contributed by atoms with van der Waals surface area (Å²) >= 11 is 0. The van der Waals surface area contributed by atoms with Gasteiger partial charge >= 0.3 is 0 Å². The monoisotopic (exact) mass is 268 g/mol. The molecule has 1 aliphatic rings. The highest BCUT2D eigenvalue weighted by molar-refractivity contribution is 5.21. The first-order valence-electron chi connectivity index (χ1n) is 7.03. The van der Waals surface area contributed by atoms with Crippen molar-refractivity contribution in [2.45, 2.75) is 38.8 Å². The quantitative estimate of drug-likeness (QED) is 0.902. The van der Waals surface area contributed by atoms with Crippen LogP contribution in [0.2, 0.25) is 0 Å². The molecule has 1 heterocycles. The molecule has 0 aromatic heterocycles. The molecule has 0 aliphatic carbocycles. The van der Waals surface area contributed by atoms with Gasteiger partial charge in [-0.3, -0.25) is 0 Å². The van der Waals surface area contributed by atoms with Gasteiger partial charge < -0.3 is 10.2 Å². The Kier molecular flexibility index (Phi) is 4.88. The average molecular weight is 268 g/mol. The zero-order chi connectivity index (χ0) is 13.8. The SMILES string of the molecule is CCN1CCCC(NC(C)c2ccc(F)cc2F)C1. The molecule has 1 aliphatic heterocycles. The fraction of sp³-hybridized carbons (Fsp3) is 0.600. The Labute approximate surface area is 113 Å². The van der Waals surface area contributed by atoms with Crippen LogP contribution in [0.25, 0.3) is 0 Å². The van der Waals surface area contributed by atoms with Gasteiger partial charge in [-0.2, -0.15) is 0 Å². The van der Waals surface area contributed by atoms with Crippen LogP contribution < -0.4 is 5.32 Å². The van der Waals surface area contributed by atoms with Crippen molar-refractivity contribution >= 4 is 0 Å². The van der Waals surface area contributed by atoms with Gasteiger partial charge in [0.1, 0.15) is 11.6 Å². The predicted octanol–water partition coefficient (Wildman–Crippen LogP) is 3.10. The summed E-state index contributed by atoms with van der Waals surface area (Å²) in [6.07, 6.45) is 2.29. The van der Waals surface area contributed by atoms with Crippen LogP contribution in [0, 0.1) is 11.6 Å². The second-order valence-electron chi connectivity index (χ2n) is 5.29. The Bertz CT molecular complexity index is 423. The van der Waals surface area contributed by atoms with Crippen LogP contribution >= 0.6 is 0 Å². The Morgan fingerprint density at radius 2 is 2.21 bits per heavy atom. The minimum Gasteiger partial charge on any atom is -0.306 e. The van der Waals surface area contributed by atoms with Crippen LogP contribution in [0.5, 0.6) is 0 Å². The van der Waals surface area contributed by atoms with Crippen molar-refractivity contribution in [3.63, 3.8) is 0 Å². The summed E-state index contributed by atoms with van der Waals surface area (Å²) in [6.45, 7) is 7.29. The first-order valence-corrected chi connectivity index (χ1v) is 7.03. The van der Waals surface area contributed by atoms with E-state index in [1.807, 2.05) is 6.92 Å². The van der Waals surface area contributed by atoms with E-state index in [2.05, 4.69) is 17.1 Å². The Balaban J connectivity index is 1.98. The van der Waals surface area contributed by atoms with E-state index in [1.54, 1.807) is 0 Å². The van der Waals surface area contributed by atoms with Crippen LogP contribution in [-0.4, -0.2) is 30.6 Å². The molecule has 0 spiro atoms. The molecule has 1 aromatic rings. The summed E-state index contributed by atoms with van der Waals surface area (Å²) in [5.74, 6) is -0.994. The number of nitrogens with one attached hydrogen (secondary N) is 1. The van der Waals surface area contributed by atoms with Crippen LogP contribution in [0.4, 0.5) is 8.78 Å². The van der Waals surface area contributed by atoms with E-state index < -0.39 is 11.6 Å². The second-order valence-corrected chi connectivity index (χ2v) is 5.29. The number of hydrogen-bond acceptors (Lipinski definition) is 2. The van der Waals surface area contributed by atoms with Crippen molar-refractivity contribution in [3.8, 4) is 0 Å². The van der Waals surface area contributed by atoms with Gasteiger partial charge in [0.15, 0.2) is 0 Å². The molecule has 0 bridgehead atoms. The molecule has 1 saturated heterocycles. The maximum atomic E-state index is 13.7. The zero-order valence-electron chi connectivity index (χ0n) is 11.6. The molecule has 106 valence electrons. The number of halogens is 2. The summed E-state index contributed by atoms with van der Waals surface area (Å²) < 4.78 is 26.6. The molecule has 1 N–H and O–H groups in total. The summed E-state index contributed by atoms with van der Waals surface area (Å²) in [5, 5.41) is 3.46. The average Bonchev–Trinajstić information content (AvgIpc) is 2.38. The normalized spacial score (nSPS) is 22.4. The molecule has 0 amide bonds. The lowest BCUT2D eigenvalue weighted by Crippen LogP contribution is -2.46. The van der Waals surface area contributed by atoms with Crippen molar-refractivity contribution in [1.29, 1.82) is 0 Å². The van der Waals surface area contributed by atoms with E-state index in [1.165, 1.54) is 18.6 Å². The number of rotatable bonds is 4. The lowest BCUT2D eigenvalue weighted by molar-refractivity contribution is 0.191. The van der Waals surface area contributed by atoms with Gasteiger partial charge in [-0.1, -0.05) is 13.0 Å².